The Morgan fingerprint density at radius 2 is 1.91 bits per heavy atom. The van der Waals surface area contributed by atoms with Gasteiger partial charge in [0.05, 0.1) is 6.54 Å². The highest BCUT2D eigenvalue weighted by molar-refractivity contribution is 7.91. The van der Waals surface area contributed by atoms with E-state index in [2.05, 4.69) is 14.9 Å². The van der Waals surface area contributed by atoms with Crippen LogP contribution in [0.3, 0.4) is 0 Å². The minimum absolute atomic E-state index is 0.0435. The van der Waals surface area contributed by atoms with Crippen LogP contribution in [0.15, 0.2) is 45.0 Å². The van der Waals surface area contributed by atoms with Crippen LogP contribution < -0.4 is 4.72 Å². The van der Waals surface area contributed by atoms with E-state index in [0.717, 1.165) is 16.0 Å². The summed E-state index contributed by atoms with van der Waals surface area (Å²) in [5.41, 5.74) is 1.85. The van der Waals surface area contributed by atoms with E-state index >= 15 is 0 Å². The van der Waals surface area contributed by atoms with Crippen LogP contribution in [-0.4, -0.2) is 18.6 Å². The van der Waals surface area contributed by atoms with Crippen molar-refractivity contribution in [1.29, 1.82) is 0 Å². The number of benzene rings is 1. The van der Waals surface area contributed by atoms with Gasteiger partial charge in [-0.15, -0.1) is 21.5 Å². The van der Waals surface area contributed by atoms with Crippen LogP contribution in [0.2, 0.25) is 0 Å². The summed E-state index contributed by atoms with van der Waals surface area (Å²) < 4.78 is 32.6. The number of aromatic nitrogens is 2. The molecular formula is C15H15N3O3S2. The summed E-state index contributed by atoms with van der Waals surface area (Å²) in [5.74, 6) is 0.601. The van der Waals surface area contributed by atoms with Gasteiger partial charge in [-0.3, -0.25) is 0 Å². The third-order valence-electron chi connectivity index (χ3n) is 3.24. The number of rotatable bonds is 5. The van der Waals surface area contributed by atoms with Crippen LogP contribution in [0, 0.1) is 13.8 Å². The van der Waals surface area contributed by atoms with E-state index in [-0.39, 0.29) is 16.6 Å². The first-order valence-corrected chi connectivity index (χ1v) is 9.20. The Kier molecular flexibility index (Phi) is 4.29. The summed E-state index contributed by atoms with van der Waals surface area (Å²) in [4.78, 5) is 0.935. The van der Waals surface area contributed by atoms with Gasteiger partial charge >= 0.3 is 0 Å². The van der Waals surface area contributed by atoms with Crippen LogP contribution in [0.25, 0.3) is 11.5 Å². The Morgan fingerprint density at radius 3 is 2.61 bits per heavy atom. The van der Waals surface area contributed by atoms with Crippen LogP contribution in [0.1, 0.15) is 16.3 Å². The predicted octanol–water partition coefficient (Wildman–Crippen LogP) is 2.89. The number of aryl methyl sites for hydroxylation is 2. The smallest absolute Gasteiger partial charge is 0.250 e. The minimum atomic E-state index is -3.56. The molecule has 0 fully saturated rings. The fraction of sp³-hybridized carbons (Fsp3) is 0.200. The van der Waals surface area contributed by atoms with Gasteiger partial charge in [0.25, 0.3) is 10.0 Å². The van der Waals surface area contributed by atoms with Gasteiger partial charge in [0.15, 0.2) is 0 Å². The second kappa shape index (κ2) is 6.23. The maximum atomic E-state index is 12.2. The van der Waals surface area contributed by atoms with Gasteiger partial charge in [0, 0.05) is 10.4 Å². The van der Waals surface area contributed by atoms with Crippen LogP contribution in [0.5, 0.6) is 0 Å². The Hall–Kier alpha value is -2.03. The molecule has 0 aliphatic heterocycles. The van der Waals surface area contributed by atoms with E-state index in [4.69, 9.17) is 4.42 Å². The minimum Gasteiger partial charge on any atom is -0.419 e. The first kappa shape index (κ1) is 15.9. The van der Waals surface area contributed by atoms with Gasteiger partial charge in [0.2, 0.25) is 11.8 Å². The standard InChI is InChI=1S/C15H15N3O3S2/c1-10-5-3-4-6-12(10)15-18-17-13(21-15)9-16-23(19,20)14-8-7-11(2)22-14/h3-8,16H,9H2,1-2H3. The van der Waals surface area contributed by atoms with Crippen molar-refractivity contribution < 1.29 is 12.8 Å². The number of nitrogens with zero attached hydrogens (tertiary/aromatic N) is 2. The number of hydrogen-bond donors (Lipinski definition) is 1. The molecule has 8 heteroatoms. The lowest BCUT2D eigenvalue weighted by atomic mass is 10.1. The van der Waals surface area contributed by atoms with Crippen molar-refractivity contribution in [3.05, 3.63) is 52.7 Å². The summed E-state index contributed by atoms with van der Waals surface area (Å²) >= 11 is 1.22. The van der Waals surface area contributed by atoms with E-state index in [0.29, 0.717) is 5.89 Å². The average Bonchev–Trinajstić information content (AvgIpc) is 3.15. The number of nitrogens with one attached hydrogen (secondary N) is 1. The quantitative estimate of drug-likeness (QED) is 0.765. The molecule has 0 atom stereocenters. The number of sulfonamides is 1. The van der Waals surface area contributed by atoms with Crippen molar-refractivity contribution in [2.24, 2.45) is 0 Å². The fourth-order valence-electron chi connectivity index (χ4n) is 2.03. The number of hydrogen-bond acceptors (Lipinski definition) is 6. The zero-order chi connectivity index (χ0) is 16.4. The highest BCUT2D eigenvalue weighted by atomic mass is 32.2. The highest BCUT2D eigenvalue weighted by Crippen LogP contribution is 2.22. The van der Waals surface area contributed by atoms with Gasteiger partial charge in [-0.1, -0.05) is 18.2 Å². The molecule has 2 aromatic heterocycles. The summed E-state index contributed by atoms with van der Waals surface area (Å²) in [6, 6.07) is 11.0. The van der Waals surface area contributed by atoms with Crippen molar-refractivity contribution >= 4 is 21.4 Å². The van der Waals surface area contributed by atoms with Gasteiger partial charge in [0.1, 0.15) is 4.21 Å². The van der Waals surface area contributed by atoms with Gasteiger partial charge < -0.3 is 4.42 Å². The van der Waals surface area contributed by atoms with Gasteiger partial charge in [-0.2, -0.15) is 0 Å². The molecule has 2 heterocycles. The van der Waals surface area contributed by atoms with Crippen molar-refractivity contribution in [2.75, 3.05) is 0 Å². The maximum Gasteiger partial charge on any atom is 0.250 e. The lowest BCUT2D eigenvalue weighted by molar-refractivity contribution is 0.494. The van der Waals surface area contributed by atoms with Crippen LogP contribution in [0.4, 0.5) is 0 Å². The second-order valence-electron chi connectivity index (χ2n) is 5.01. The van der Waals surface area contributed by atoms with Gasteiger partial charge in [-0.25, -0.2) is 13.1 Å². The first-order valence-electron chi connectivity index (χ1n) is 6.90. The Labute approximate surface area is 138 Å². The number of thiophene rings is 1. The molecule has 6 nitrogen and oxygen atoms in total. The molecule has 3 aromatic rings. The molecule has 1 aromatic carbocycles. The van der Waals surface area contributed by atoms with E-state index in [1.54, 1.807) is 12.1 Å². The molecule has 0 unspecified atom stereocenters. The van der Waals surface area contributed by atoms with E-state index in [1.807, 2.05) is 38.1 Å². The molecule has 0 saturated carbocycles. The molecule has 0 aliphatic carbocycles. The molecule has 0 saturated heterocycles. The lowest BCUT2D eigenvalue weighted by Gasteiger charge is -2.01. The Balaban J connectivity index is 1.74. The zero-order valence-electron chi connectivity index (χ0n) is 12.6. The molecule has 120 valence electrons. The summed E-state index contributed by atoms with van der Waals surface area (Å²) in [6.07, 6.45) is 0. The van der Waals surface area contributed by atoms with Crippen LogP contribution in [-0.2, 0) is 16.6 Å². The lowest BCUT2D eigenvalue weighted by Crippen LogP contribution is -2.22. The van der Waals surface area contributed by atoms with Crippen molar-refractivity contribution in [1.82, 2.24) is 14.9 Å². The maximum absolute atomic E-state index is 12.2. The third-order valence-corrected chi connectivity index (χ3v) is 6.13. The summed E-state index contributed by atoms with van der Waals surface area (Å²) in [7, 11) is -3.56. The highest BCUT2D eigenvalue weighted by Gasteiger charge is 2.18. The molecule has 0 bridgehead atoms. The van der Waals surface area contributed by atoms with Crippen LogP contribution >= 0.6 is 11.3 Å². The molecule has 0 amide bonds. The fourth-order valence-corrected chi connectivity index (χ4v) is 4.33. The first-order chi connectivity index (χ1) is 11.0. The SMILES string of the molecule is Cc1ccc(S(=O)(=O)NCc2nnc(-c3ccccc3C)o2)s1. The third kappa shape index (κ3) is 3.49. The van der Waals surface area contributed by atoms with Crippen molar-refractivity contribution in [2.45, 2.75) is 24.6 Å². The summed E-state index contributed by atoms with van der Waals surface area (Å²) in [6.45, 7) is 3.76. The molecule has 0 aliphatic rings. The normalized spacial score (nSPS) is 11.7. The van der Waals surface area contributed by atoms with E-state index < -0.39 is 10.0 Å². The predicted molar refractivity (Wildman–Crippen MR) is 87.6 cm³/mol. The van der Waals surface area contributed by atoms with Crippen molar-refractivity contribution in [3.8, 4) is 11.5 Å². The molecule has 3 rings (SSSR count). The Morgan fingerprint density at radius 1 is 1.13 bits per heavy atom. The van der Waals surface area contributed by atoms with E-state index in [9.17, 15) is 8.42 Å². The monoisotopic (exact) mass is 349 g/mol. The van der Waals surface area contributed by atoms with Crippen molar-refractivity contribution in [3.63, 3.8) is 0 Å². The molecule has 0 spiro atoms. The molecule has 23 heavy (non-hydrogen) atoms. The van der Waals surface area contributed by atoms with E-state index in [1.165, 1.54) is 11.3 Å². The second-order valence-corrected chi connectivity index (χ2v) is 8.29. The molecular weight excluding hydrogens is 334 g/mol. The molecule has 0 radical (unpaired) electrons. The zero-order valence-corrected chi connectivity index (χ0v) is 14.2. The topological polar surface area (TPSA) is 85.1 Å². The average molecular weight is 349 g/mol. The Bertz CT molecular complexity index is 929. The largest absolute Gasteiger partial charge is 0.419 e. The molecule has 1 N–H and O–H groups in total. The van der Waals surface area contributed by atoms with Gasteiger partial charge in [-0.05, 0) is 37.6 Å². The summed E-state index contributed by atoms with van der Waals surface area (Å²) in [5, 5.41) is 7.87.